The first-order chi connectivity index (χ1) is 8.79. The first-order valence-electron chi connectivity index (χ1n) is 5.78. The molecule has 0 aliphatic heterocycles. The lowest BCUT2D eigenvalue weighted by molar-refractivity contribution is -0.138. The van der Waals surface area contributed by atoms with Gasteiger partial charge in [0.05, 0.1) is 11.6 Å². The molecule has 0 spiro atoms. The Morgan fingerprint density at radius 1 is 1.11 bits per heavy atom. The van der Waals surface area contributed by atoms with E-state index in [1.807, 2.05) is 0 Å². The smallest absolute Gasteiger partial charge is 0.416 e. The lowest BCUT2D eigenvalue weighted by Crippen LogP contribution is -2.18. The summed E-state index contributed by atoms with van der Waals surface area (Å²) in [5.74, 6) is 0.943. The molecule has 0 amide bonds. The Kier molecular flexibility index (Phi) is 3.41. The maximum atomic E-state index is 13.0. The van der Waals surface area contributed by atoms with Crippen molar-refractivity contribution < 1.29 is 17.6 Å². The van der Waals surface area contributed by atoms with E-state index < -0.39 is 17.8 Å². The van der Waals surface area contributed by atoms with Crippen molar-refractivity contribution in [2.24, 2.45) is 5.73 Å². The molecule has 102 valence electrons. The molecule has 0 bridgehead atoms. The molecular weight excluding hydrogens is 255 g/mol. The van der Waals surface area contributed by atoms with Crippen LogP contribution in [-0.4, -0.2) is 0 Å². The molecule has 2 aromatic rings. The minimum Gasteiger partial charge on any atom is -0.464 e. The Bertz CT molecular complexity index is 587. The van der Waals surface area contributed by atoms with Crippen LogP contribution in [0.25, 0.3) is 0 Å². The van der Waals surface area contributed by atoms with E-state index in [1.54, 1.807) is 32.0 Å². The highest BCUT2D eigenvalue weighted by Gasteiger charge is 2.35. The van der Waals surface area contributed by atoms with Gasteiger partial charge in [0.1, 0.15) is 11.5 Å². The molecule has 0 saturated carbocycles. The number of furan rings is 1. The quantitative estimate of drug-likeness (QED) is 0.896. The topological polar surface area (TPSA) is 39.2 Å². The summed E-state index contributed by atoms with van der Waals surface area (Å²) in [5.41, 5.74) is 5.73. The van der Waals surface area contributed by atoms with Gasteiger partial charge in [-0.25, -0.2) is 0 Å². The van der Waals surface area contributed by atoms with Crippen molar-refractivity contribution >= 4 is 0 Å². The van der Waals surface area contributed by atoms with Gasteiger partial charge in [-0.3, -0.25) is 0 Å². The molecule has 0 radical (unpaired) electrons. The minimum absolute atomic E-state index is 0.0208. The highest BCUT2D eigenvalue weighted by atomic mass is 19.4. The number of aryl methyl sites for hydroxylation is 2. The summed E-state index contributed by atoms with van der Waals surface area (Å²) in [6.07, 6.45) is -4.43. The zero-order valence-corrected chi connectivity index (χ0v) is 10.6. The fourth-order valence-corrected chi connectivity index (χ4v) is 1.96. The summed E-state index contributed by atoms with van der Waals surface area (Å²) >= 11 is 0. The predicted molar refractivity (Wildman–Crippen MR) is 65.7 cm³/mol. The van der Waals surface area contributed by atoms with Crippen molar-refractivity contribution in [3.05, 3.63) is 58.5 Å². The van der Waals surface area contributed by atoms with Gasteiger partial charge in [-0.2, -0.15) is 13.2 Å². The third-order valence-electron chi connectivity index (χ3n) is 2.92. The van der Waals surface area contributed by atoms with Crippen LogP contribution in [0, 0.1) is 13.8 Å². The third-order valence-corrected chi connectivity index (χ3v) is 2.92. The highest BCUT2D eigenvalue weighted by molar-refractivity contribution is 5.39. The van der Waals surface area contributed by atoms with E-state index in [0.717, 1.165) is 6.07 Å². The van der Waals surface area contributed by atoms with Gasteiger partial charge in [0.2, 0.25) is 0 Å². The molecular formula is C14H14F3NO. The van der Waals surface area contributed by atoms with Crippen LogP contribution in [0.2, 0.25) is 0 Å². The van der Waals surface area contributed by atoms with Gasteiger partial charge in [-0.15, -0.1) is 0 Å². The van der Waals surface area contributed by atoms with Crippen molar-refractivity contribution in [3.8, 4) is 0 Å². The molecule has 1 aromatic heterocycles. The zero-order chi connectivity index (χ0) is 14.2. The lowest BCUT2D eigenvalue weighted by atomic mass is 9.97. The molecule has 1 atom stereocenters. The van der Waals surface area contributed by atoms with E-state index in [4.69, 9.17) is 10.2 Å². The fraction of sp³-hybridized carbons (Fsp3) is 0.286. The number of hydrogen-bond donors (Lipinski definition) is 1. The number of hydrogen-bond acceptors (Lipinski definition) is 2. The molecule has 1 heterocycles. The van der Waals surface area contributed by atoms with Crippen molar-refractivity contribution in [3.63, 3.8) is 0 Å². The summed E-state index contributed by atoms with van der Waals surface area (Å²) in [6.45, 7) is 3.33. The summed E-state index contributed by atoms with van der Waals surface area (Å²) in [4.78, 5) is 0. The maximum Gasteiger partial charge on any atom is 0.416 e. The second-order valence-electron chi connectivity index (χ2n) is 4.51. The van der Waals surface area contributed by atoms with Crippen molar-refractivity contribution in [2.45, 2.75) is 26.1 Å². The Balaban J connectivity index is 2.50. The lowest BCUT2D eigenvalue weighted by Gasteiger charge is -2.17. The number of alkyl halides is 3. The van der Waals surface area contributed by atoms with Crippen LogP contribution in [0.5, 0.6) is 0 Å². The van der Waals surface area contributed by atoms with Gasteiger partial charge in [0.15, 0.2) is 0 Å². The maximum absolute atomic E-state index is 13.0. The van der Waals surface area contributed by atoms with E-state index in [0.29, 0.717) is 17.1 Å². The normalized spacial score (nSPS) is 13.6. The average Bonchev–Trinajstić information content (AvgIpc) is 2.74. The van der Waals surface area contributed by atoms with E-state index in [-0.39, 0.29) is 5.56 Å². The number of nitrogens with two attached hydrogens (primary N) is 1. The van der Waals surface area contributed by atoms with Crippen LogP contribution < -0.4 is 5.73 Å². The number of benzene rings is 1. The zero-order valence-electron chi connectivity index (χ0n) is 10.6. The second-order valence-corrected chi connectivity index (χ2v) is 4.51. The van der Waals surface area contributed by atoms with Crippen LogP contribution in [0.4, 0.5) is 13.2 Å². The van der Waals surface area contributed by atoms with E-state index in [2.05, 4.69) is 0 Å². The largest absolute Gasteiger partial charge is 0.464 e. The Hall–Kier alpha value is -1.75. The number of halogens is 3. The number of rotatable bonds is 2. The Labute approximate surface area is 109 Å². The molecule has 0 aliphatic carbocycles. The van der Waals surface area contributed by atoms with Gasteiger partial charge < -0.3 is 10.2 Å². The summed E-state index contributed by atoms with van der Waals surface area (Å²) in [6, 6.07) is 6.47. The molecule has 0 fully saturated rings. The molecule has 0 saturated heterocycles. The molecule has 19 heavy (non-hydrogen) atoms. The summed E-state index contributed by atoms with van der Waals surface area (Å²) in [7, 11) is 0. The van der Waals surface area contributed by atoms with Gasteiger partial charge in [0.25, 0.3) is 0 Å². The van der Waals surface area contributed by atoms with Crippen molar-refractivity contribution in [2.75, 3.05) is 0 Å². The second kappa shape index (κ2) is 4.74. The van der Waals surface area contributed by atoms with Gasteiger partial charge >= 0.3 is 6.18 Å². The van der Waals surface area contributed by atoms with Crippen LogP contribution in [0.1, 0.15) is 34.3 Å². The van der Waals surface area contributed by atoms with Crippen molar-refractivity contribution in [1.29, 1.82) is 0 Å². The monoisotopic (exact) mass is 269 g/mol. The Morgan fingerprint density at radius 3 is 2.32 bits per heavy atom. The van der Waals surface area contributed by atoms with E-state index >= 15 is 0 Å². The van der Waals surface area contributed by atoms with Crippen LogP contribution in [-0.2, 0) is 6.18 Å². The van der Waals surface area contributed by atoms with Crippen molar-refractivity contribution in [1.82, 2.24) is 0 Å². The molecule has 2 nitrogen and oxygen atoms in total. The summed E-state index contributed by atoms with van der Waals surface area (Å²) in [5, 5.41) is 0. The van der Waals surface area contributed by atoms with E-state index in [9.17, 15) is 13.2 Å². The van der Waals surface area contributed by atoms with Gasteiger partial charge in [-0.1, -0.05) is 17.7 Å². The fourth-order valence-electron chi connectivity index (χ4n) is 1.96. The molecule has 1 aromatic carbocycles. The SMILES string of the molecule is Cc1ccc(C(N)c2ccc(C)o2)c(C(F)(F)F)c1. The van der Waals surface area contributed by atoms with Crippen LogP contribution in [0.15, 0.2) is 34.7 Å². The molecule has 5 heteroatoms. The Morgan fingerprint density at radius 2 is 1.79 bits per heavy atom. The average molecular weight is 269 g/mol. The summed E-state index contributed by atoms with van der Waals surface area (Å²) < 4.78 is 44.4. The first-order valence-corrected chi connectivity index (χ1v) is 5.78. The molecule has 1 unspecified atom stereocenters. The van der Waals surface area contributed by atoms with Gasteiger partial charge in [-0.05, 0) is 37.6 Å². The van der Waals surface area contributed by atoms with Crippen LogP contribution >= 0.6 is 0 Å². The van der Waals surface area contributed by atoms with Gasteiger partial charge in [0, 0.05) is 0 Å². The molecule has 2 N–H and O–H groups in total. The predicted octanol–water partition coefficient (Wildman–Crippen LogP) is 3.96. The molecule has 0 aliphatic rings. The first kappa shape index (κ1) is 13.7. The van der Waals surface area contributed by atoms with E-state index in [1.165, 1.54) is 6.07 Å². The minimum atomic E-state index is -4.43. The third kappa shape index (κ3) is 2.81. The highest BCUT2D eigenvalue weighted by Crippen LogP contribution is 2.36. The molecule has 2 rings (SSSR count). The standard InChI is InChI=1S/C14H14F3NO/c1-8-3-5-10(11(7-8)14(15,16)17)13(18)12-6-4-9(2)19-12/h3-7,13H,18H2,1-2H3. The van der Waals surface area contributed by atoms with Crippen LogP contribution in [0.3, 0.4) is 0 Å².